The Labute approximate surface area is 102 Å². The summed E-state index contributed by atoms with van der Waals surface area (Å²) < 4.78 is 1.42. The molecule has 8 heteroatoms. The van der Waals surface area contributed by atoms with E-state index in [-0.39, 0.29) is 10.7 Å². The average molecular weight is 256 g/mol. The summed E-state index contributed by atoms with van der Waals surface area (Å²) in [4.78, 5) is 22.5. The Balaban J connectivity index is 2.95. The molecule has 1 aromatic heterocycles. The minimum Gasteiger partial charge on any atom is -0.367 e. The number of rotatable bonds is 3. The summed E-state index contributed by atoms with van der Waals surface area (Å²) >= 11 is 5.87. The van der Waals surface area contributed by atoms with Crippen molar-refractivity contribution in [2.45, 2.75) is 13.0 Å². The smallest absolute Gasteiger partial charge is 0.274 e. The quantitative estimate of drug-likeness (QED) is 0.757. The number of nitrogens with one attached hydrogen (secondary N) is 1. The second-order valence-corrected chi connectivity index (χ2v) is 3.69. The molecular formula is C9H10ClN5O2. The molecule has 0 saturated heterocycles. The van der Waals surface area contributed by atoms with Crippen molar-refractivity contribution in [3.8, 4) is 6.07 Å². The van der Waals surface area contributed by atoms with Crippen LogP contribution in [0.2, 0.25) is 5.02 Å². The van der Waals surface area contributed by atoms with Gasteiger partial charge in [-0.25, -0.2) is 0 Å². The van der Waals surface area contributed by atoms with E-state index in [4.69, 9.17) is 22.6 Å². The lowest BCUT2D eigenvalue weighted by molar-refractivity contribution is -0.118. The van der Waals surface area contributed by atoms with Gasteiger partial charge in [-0.2, -0.15) is 10.4 Å². The third kappa shape index (κ3) is 2.54. The fourth-order valence-corrected chi connectivity index (χ4v) is 1.34. The zero-order valence-corrected chi connectivity index (χ0v) is 9.95. The van der Waals surface area contributed by atoms with Gasteiger partial charge in [0.05, 0.1) is 16.8 Å². The number of hydrogen-bond acceptors (Lipinski definition) is 4. The Morgan fingerprint density at radius 3 is 2.59 bits per heavy atom. The minimum atomic E-state index is -1.40. The standard InChI is InChI=1S/C9H10ClN5O2/c1-4-6(10)7(14-15(4)2)9(17)13-5(3-11)8(12)16/h5H,1-2H3,(H2,12,16)(H,13,17)/t5-/m1/s1. The van der Waals surface area contributed by atoms with Gasteiger partial charge in [0.1, 0.15) is 0 Å². The highest BCUT2D eigenvalue weighted by Gasteiger charge is 2.23. The summed E-state index contributed by atoms with van der Waals surface area (Å²) in [6, 6.07) is 0.157. The zero-order chi connectivity index (χ0) is 13.2. The Morgan fingerprint density at radius 1 is 1.65 bits per heavy atom. The number of halogens is 1. The first-order valence-corrected chi connectivity index (χ1v) is 4.95. The van der Waals surface area contributed by atoms with Gasteiger partial charge in [0.25, 0.3) is 11.8 Å². The maximum absolute atomic E-state index is 11.7. The number of nitrogens with zero attached hydrogens (tertiary/aromatic N) is 3. The van der Waals surface area contributed by atoms with Crippen molar-refractivity contribution in [3.05, 3.63) is 16.4 Å². The van der Waals surface area contributed by atoms with Crippen LogP contribution in [0, 0.1) is 18.3 Å². The van der Waals surface area contributed by atoms with Crippen molar-refractivity contribution in [2.24, 2.45) is 12.8 Å². The summed E-state index contributed by atoms with van der Waals surface area (Å²) in [5.41, 5.74) is 5.47. The number of carbonyl (C=O) groups is 2. The molecule has 0 bridgehead atoms. The predicted octanol–water partition coefficient (Wildman–Crippen LogP) is -0.511. The lowest BCUT2D eigenvalue weighted by Crippen LogP contribution is -2.43. The van der Waals surface area contributed by atoms with Gasteiger partial charge in [-0.05, 0) is 6.92 Å². The second-order valence-electron chi connectivity index (χ2n) is 3.31. The van der Waals surface area contributed by atoms with Crippen LogP contribution >= 0.6 is 11.6 Å². The van der Waals surface area contributed by atoms with Crippen LogP contribution < -0.4 is 11.1 Å². The normalized spacial score (nSPS) is 11.6. The Bertz CT molecular complexity index is 516. The maximum Gasteiger partial charge on any atom is 0.274 e. The lowest BCUT2D eigenvalue weighted by Gasteiger charge is -2.05. The second kappa shape index (κ2) is 4.84. The van der Waals surface area contributed by atoms with Crippen molar-refractivity contribution in [2.75, 3.05) is 0 Å². The number of amides is 2. The Morgan fingerprint density at radius 2 is 2.24 bits per heavy atom. The molecule has 1 heterocycles. The van der Waals surface area contributed by atoms with Gasteiger partial charge in [-0.1, -0.05) is 11.6 Å². The average Bonchev–Trinajstić information content (AvgIpc) is 2.53. The van der Waals surface area contributed by atoms with Crippen molar-refractivity contribution < 1.29 is 9.59 Å². The number of primary amides is 1. The topological polar surface area (TPSA) is 114 Å². The molecule has 0 spiro atoms. The van der Waals surface area contributed by atoms with Crippen molar-refractivity contribution >= 4 is 23.4 Å². The summed E-state index contributed by atoms with van der Waals surface area (Å²) in [7, 11) is 1.62. The first-order chi connectivity index (χ1) is 7.88. The Hall–Kier alpha value is -2.07. The van der Waals surface area contributed by atoms with Gasteiger partial charge in [0, 0.05) is 7.05 Å². The minimum absolute atomic E-state index is 0.0480. The van der Waals surface area contributed by atoms with Crippen LogP contribution in [-0.2, 0) is 11.8 Å². The molecule has 3 N–H and O–H groups in total. The first kappa shape index (κ1) is 13.0. The van der Waals surface area contributed by atoms with E-state index in [1.807, 2.05) is 0 Å². The SMILES string of the molecule is Cc1c(Cl)c(C(=O)N[C@H](C#N)C(N)=O)nn1C. The number of nitrogens with two attached hydrogens (primary N) is 1. The molecule has 1 aromatic rings. The first-order valence-electron chi connectivity index (χ1n) is 4.57. The molecule has 0 fully saturated rings. The highest BCUT2D eigenvalue weighted by atomic mass is 35.5. The highest BCUT2D eigenvalue weighted by molar-refractivity contribution is 6.34. The highest BCUT2D eigenvalue weighted by Crippen LogP contribution is 2.18. The van der Waals surface area contributed by atoms with E-state index in [2.05, 4.69) is 10.4 Å². The molecule has 0 aliphatic heterocycles. The number of carbonyl (C=O) groups excluding carboxylic acids is 2. The molecule has 90 valence electrons. The lowest BCUT2D eigenvalue weighted by atomic mass is 10.3. The summed E-state index contributed by atoms with van der Waals surface area (Å²) in [5.74, 6) is -1.66. The van der Waals surface area contributed by atoms with Crippen LogP contribution in [-0.4, -0.2) is 27.6 Å². The van der Waals surface area contributed by atoms with Crippen molar-refractivity contribution in [1.82, 2.24) is 15.1 Å². The van der Waals surface area contributed by atoms with Gasteiger partial charge in [0.15, 0.2) is 11.7 Å². The van der Waals surface area contributed by atoms with E-state index in [1.54, 1.807) is 20.0 Å². The fraction of sp³-hybridized carbons (Fsp3) is 0.333. The number of aryl methyl sites for hydroxylation is 1. The van der Waals surface area contributed by atoms with Crippen LogP contribution in [0.4, 0.5) is 0 Å². The van der Waals surface area contributed by atoms with E-state index >= 15 is 0 Å². The molecule has 1 atom stereocenters. The van der Waals surface area contributed by atoms with E-state index in [0.717, 1.165) is 0 Å². The number of nitriles is 1. The third-order valence-corrected chi connectivity index (χ3v) is 2.62. The van der Waals surface area contributed by atoms with Crippen LogP contribution in [0.1, 0.15) is 16.2 Å². The molecule has 7 nitrogen and oxygen atoms in total. The monoisotopic (exact) mass is 255 g/mol. The largest absolute Gasteiger partial charge is 0.367 e. The third-order valence-electron chi connectivity index (χ3n) is 2.17. The van der Waals surface area contributed by atoms with Crippen LogP contribution in [0.3, 0.4) is 0 Å². The molecule has 1 rings (SSSR count). The van der Waals surface area contributed by atoms with E-state index in [1.165, 1.54) is 4.68 Å². The van der Waals surface area contributed by atoms with Gasteiger partial charge < -0.3 is 11.1 Å². The molecular weight excluding hydrogens is 246 g/mol. The van der Waals surface area contributed by atoms with Gasteiger partial charge in [-0.15, -0.1) is 0 Å². The van der Waals surface area contributed by atoms with E-state index < -0.39 is 17.9 Å². The number of aromatic nitrogens is 2. The zero-order valence-electron chi connectivity index (χ0n) is 9.19. The van der Waals surface area contributed by atoms with Gasteiger partial charge >= 0.3 is 0 Å². The molecule has 2 amide bonds. The molecule has 0 unspecified atom stereocenters. The molecule has 17 heavy (non-hydrogen) atoms. The summed E-state index contributed by atoms with van der Waals surface area (Å²) in [6.45, 7) is 1.68. The van der Waals surface area contributed by atoms with Crippen LogP contribution in [0.25, 0.3) is 0 Å². The van der Waals surface area contributed by atoms with Crippen molar-refractivity contribution in [3.63, 3.8) is 0 Å². The molecule has 0 radical (unpaired) electrons. The Kier molecular flexibility index (Phi) is 3.70. The van der Waals surface area contributed by atoms with E-state index in [0.29, 0.717) is 5.69 Å². The van der Waals surface area contributed by atoms with Crippen LogP contribution in [0.15, 0.2) is 0 Å². The molecule has 0 aromatic carbocycles. The van der Waals surface area contributed by atoms with E-state index in [9.17, 15) is 9.59 Å². The molecule has 0 aliphatic carbocycles. The summed E-state index contributed by atoms with van der Waals surface area (Å²) in [5, 5.41) is 14.8. The predicted molar refractivity (Wildman–Crippen MR) is 59.0 cm³/mol. The fourth-order valence-electron chi connectivity index (χ4n) is 1.09. The van der Waals surface area contributed by atoms with Gasteiger partial charge in [0.2, 0.25) is 0 Å². The van der Waals surface area contributed by atoms with Crippen LogP contribution in [0.5, 0.6) is 0 Å². The number of hydrogen-bond donors (Lipinski definition) is 2. The maximum atomic E-state index is 11.7. The van der Waals surface area contributed by atoms with Gasteiger partial charge in [-0.3, -0.25) is 14.3 Å². The summed E-state index contributed by atoms with van der Waals surface area (Å²) in [6.07, 6.45) is 0. The molecule has 0 aliphatic rings. The molecule has 0 saturated carbocycles. The van der Waals surface area contributed by atoms with Crippen molar-refractivity contribution in [1.29, 1.82) is 5.26 Å².